The lowest BCUT2D eigenvalue weighted by Crippen LogP contribution is -2.50. The van der Waals surface area contributed by atoms with E-state index in [-0.39, 0.29) is 0 Å². The first kappa shape index (κ1) is 16.1. The minimum absolute atomic E-state index is 0.394. The molecule has 0 aromatic carbocycles. The van der Waals surface area contributed by atoms with Gasteiger partial charge in [-0.3, -0.25) is 4.90 Å². The number of imidazole rings is 1. The number of thioether (sulfide) groups is 1. The van der Waals surface area contributed by atoms with Crippen LogP contribution in [0.25, 0.3) is 0 Å². The van der Waals surface area contributed by atoms with Crippen LogP contribution in [-0.2, 0) is 19.2 Å². The van der Waals surface area contributed by atoms with Crippen LogP contribution in [0.4, 0.5) is 0 Å². The summed E-state index contributed by atoms with van der Waals surface area (Å²) in [4.78, 5) is 15.7. The quantitative estimate of drug-likeness (QED) is 0.675. The van der Waals surface area contributed by atoms with Gasteiger partial charge in [0.25, 0.3) is 0 Å². The van der Waals surface area contributed by atoms with Gasteiger partial charge in [0, 0.05) is 56.0 Å². The third-order valence-electron chi connectivity index (χ3n) is 5.38. The van der Waals surface area contributed by atoms with Crippen LogP contribution in [0.15, 0.2) is 29.9 Å². The molecule has 0 spiro atoms. The second-order valence-corrected chi connectivity index (χ2v) is 7.71. The first-order valence-electron chi connectivity index (χ1n) is 8.40. The lowest BCUT2D eigenvalue weighted by atomic mass is 9.85. The van der Waals surface area contributed by atoms with Crippen molar-refractivity contribution >= 4 is 11.8 Å². The van der Waals surface area contributed by atoms with E-state index in [9.17, 15) is 5.11 Å². The van der Waals surface area contributed by atoms with Crippen LogP contribution in [0.2, 0.25) is 0 Å². The van der Waals surface area contributed by atoms with Gasteiger partial charge in [0.15, 0.2) is 5.16 Å². The third kappa shape index (κ3) is 2.74. The molecule has 2 aliphatic rings. The van der Waals surface area contributed by atoms with Crippen molar-refractivity contribution in [2.24, 2.45) is 7.05 Å². The highest BCUT2D eigenvalue weighted by molar-refractivity contribution is 7.98. The highest BCUT2D eigenvalue weighted by atomic mass is 32.2. The van der Waals surface area contributed by atoms with Crippen LogP contribution in [-0.4, -0.2) is 47.9 Å². The Balaban J connectivity index is 1.51. The van der Waals surface area contributed by atoms with E-state index in [0.29, 0.717) is 12.1 Å². The number of piperidine rings is 1. The summed E-state index contributed by atoms with van der Waals surface area (Å²) in [7, 11) is 1.96. The molecule has 7 heteroatoms. The fourth-order valence-corrected chi connectivity index (χ4v) is 4.63. The highest BCUT2D eigenvalue weighted by Crippen LogP contribution is 2.45. The molecule has 0 radical (unpaired) electrons. The van der Waals surface area contributed by atoms with Gasteiger partial charge in [-0.15, -0.1) is 0 Å². The molecule has 6 nitrogen and oxygen atoms in total. The molecule has 0 aliphatic carbocycles. The van der Waals surface area contributed by atoms with E-state index >= 15 is 0 Å². The first-order valence-corrected chi connectivity index (χ1v) is 9.62. The molecule has 2 aliphatic heterocycles. The van der Waals surface area contributed by atoms with Gasteiger partial charge in [-0.25, -0.2) is 15.0 Å². The van der Waals surface area contributed by atoms with Gasteiger partial charge in [0.2, 0.25) is 0 Å². The predicted octanol–water partition coefficient (Wildman–Crippen LogP) is 1.95. The average Bonchev–Trinajstić information content (AvgIpc) is 3.11. The molecule has 2 saturated heterocycles. The molecule has 2 aromatic rings. The zero-order valence-electron chi connectivity index (χ0n) is 14.1. The van der Waals surface area contributed by atoms with Crippen LogP contribution in [0.5, 0.6) is 0 Å². The van der Waals surface area contributed by atoms with E-state index in [1.165, 1.54) is 0 Å². The smallest absolute Gasteiger partial charge is 0.187 e. The molecule has 2 fully saturated rings. The number of hydrogen-bond donors (Lipinski definition) is 1. The number of fused-ring (bicyclic) bond motifs is 2. The summed E-state index contributed by atoms with van der Waals surface area (Å²) in [6.45, 7) is 0.862. The van der Waals surface area contributed by atoms with Gasteiger partial charge in [-0.05, 0) is 31.9 Å². The second-order valence-electron chi connectivity index (χ2n) is 6.94. The average molecular weight is 345 g/mol. The van der Waals surface area contributed by atoms with E-state index in [2.05, 4.69) is 19.9 Å². The Hall–Kier alpha value is -1.44. The van der Waals surface area contributed by atoms with Crippen molar-refractivity contribution in [1.82, 2.24) is 24.4 Å². The van der Waals surface area contributed by atoms with E-state index in [1.54, 1.807) is 18.0 Å². The Labute approximate surface area is 146 Å². The molecule has 0 amide bonds. The molecule has 2 aromatic heterocycles. The summed E-state index contributed by atoms with van der Waals surface area (Å²) in [6, 6.07) is 0.788. The van der Waals surface area contributed by atoms with Crippen molar-refractivity contribution in [3.05, 3.63) is 36.2 Å². The van der Waals surface area contributed by atoms with Crippen molar-refractivity contribution < 1.29 is 5.11 Å². The summed E-state index contributed by atoms with van der Waals surface area (Å²) in [6.07, 6.45) is 13.3. The Bertz CT molecular complexity index is 702. The molecule has 0 unspecified atom stereocenters. The number of aryl methyl sites for hydroxylation is 1. The van der Waals surface area contributed by atoms with Crippen LogP contribution >= 0.6 is 11.8 Å². The van der Waals surface area contributed by atoms with Gasteiger partial charge < -0.3 is 9.67 Å². The molecule has 0 saturated carbocycles. The minimum Gasteiger partial charge on any atom is -0.382 e. The molecule has 24 heavy (non-hydrogen) atoms. The predicted molar refractivity (Wildman–Crippen MR) is 92.5 cm³/mol. The summed E-state index contributed by atoms with van der Waals surface area (Å²) >= 11 is 1.56. The molecule has 4 rings (SSSR count). The summed E-state index contributed by atoms with van der Waals surface area (Å²) in [5.41, 5.74) is 0.340. The number of hydrogen-bond acceptors (Lipinski definition) is 6. The maximum absolute atomic E-state index is 11.2. The lowest BCUT2D eigenvalue weighted by molar-refractivity contribution is -0.0670. The van der Waals surface area contributed by atoms with Crippen molar-refractivity contribution in [1.29, 1.82) is 0 Å². The van der Waals surface area contributed by atoms with Crippen LogP contribution < -0.4 is 0 Å². The van der Waals surface area contributed by atoms with Gasteiger partial charge in [0.1, 0.15) is 11.4 Å². The SMILES string of the molecule is CSc1ncc(CN2[C@@H]3CC[C@@H]2CC(O)(c2nccn2C)C3)cn1. The zero-order valence-corrected chi connectivity index (χ0v) is 14.9. The Morgan fingerprint density at radius 3 is 2.42 bits per heavy atom. The molecule has 128 valence electrons. The van der Waals surface area contributed by atoms with Crippen molar-refractivity contribution in [3.63, 3.8) is 0 Å². The standard InChI is InChI=1S/C17H23N5OS/c1-21-6-5-18-15(21)17(23)7-13-3-4-14(8-17)22(13)11-12-9-19-16(24-2)20-10-12/h5-6,9-10,13-14,23H,3-4,7-8,11H2,1-2H3/t13-,14-/m1/s1. The van der Waals surface area contributed by atoms with Gasteiger partial charge in [-0.2, -0.15) is 0 Å². The van der Waals surface area contributed by atoms with Gasteiger partial charge in [0.05, 0.1) is 0 Å². The third-order valence-corrected chi connectivity index (χ3v) is 5.96. The monoisotopic (exact) mass is 345 g/mol. The topological polar surface area (TPSA) is 67.1 Å². The fraction of sp³-hybridized carbons (Fsp3) is 0.588. The molecule has 2 atom stereocenters. The number of aliphatic hydroxyl groups is 1. The second kappa shape index (κ2) is 6.13. The fourth-order valence-electron chi connectivity index (χ4n) is 4.31. The molecule has 2 bridgehead atoms. The summed E-state index contributed by atoms with van der Waals surface area (Å²) < 4.78 is 1.95. The number of rotatable bonds is 4. The first-order chi connectivity index (χ1) is 11.6. The Kier molecular flexibility index (Phi) is 4.10. The van der Waals surface area contributed by atoms with Crippen LogP contribution in [0.3, 0.4) is 0 Å². The van der Waals surface area contributed by atoms with E-state index in [0.717, 1.165) is 48.8 Å². The van der Waals surface area contributed by atoms with Gasteiger partial charge in [-0.1, -0.05) is 11.8 Å². The zero-order chi connectivity index (χ0) is 16.7. The van der Waals surface area contributed by atoms with Crippen LogP contribution in [0.1, 0.15) is 37.1 Å². The molecule has 1 N–H and O–H groups in total. The Morgan fingerprint density at radius 1 is 1.21 bits per heavy atom. The van der Waals surface area contributed by atoms with E-state index in [4.69, 9.17) is 0 Å². The maximum Gasteiger partial charge on any atom is 0.187 e. The number of nitrogens with zero attached hydrogens (tertiary/aromatic N) is 5. The summed E-state index contributed by atoms with van der Waals surface area (Å²) in [5.74, 6) is 0.798. The largest absolute Gasteiger partial charge is 0.382 e. The summed E-state index contributed by atoms with van der Waals surface area (Å²) in [5, 5.41) is 12.0. The van der Waals surface area contributed by atoms with Gasteiger partial charge >= 0.3 is 0 Å². The lowest BCUT2D eigenvalue weighted by Gasteiger charge is -2.43. The van der Waals surface area contributed by atoms with E-state index in [1.807, 2.05) is 36.5 Å². The minimum atomic E-state index is -0.806. The van der Waals surface area contributed by atoms with Crippen LogP contribution in [0, 0.1) is 0 Å². The highest BCUT2D eigenvalue weighted by Gasteiger charge is 2.49. The molecular weight excluding hydrogens is 322 g/mol. The maximum atomic E-state index is 11.2. The normalized spacial score (nSPS) is 30.0. The van der Waals surface area contributed by atoms with Crippen molar-refractivity contribution in [2.75, 3.05) is 6.26 Å². The number of aromatic nitrogens is 4. The van der Waals surface area contributed by atoms with E-state index < -0.39 is 5.60 Å². The molecular formula is C17H23N5OS. The van der Waals surface area contributed by atoms with Crippen molar-refractivity contribution in [2.45, 2.75) is 55.1 Å². The molecule has 4 heterocycles. The van der Waals surface area contributed by atoms with Crippen molar-refractivity contribution in [3.8, 4) is 0 Å². The Morgan fingerprint density at radius 2 is 1.88 bits per heavy atom.